The fraction of sp³-hybridized carbons (Fsp3) is 0.429. The SMILES string of the molecule is NC(=O)C1CCN(CCCCNC(=O)Nc2ccc3ccccc3c2)CC1. The van der Waals surface area contributed by atoms with Gasteiger partial charge >= 0.3 is 6.03 Å². The first kappa shape index (κ1) is 19.2. The molecule has 0 bridgehead atoms. The van der Waals surface area contributed by atoms with Gasteiger partial charge < -0.3 is 21.3 Å². The smallest absolute Gasteiger partial charge is 0.319 e. The predicted molar refractivity (Wildman–Crippen MR) is 109 cm³/mol. The highest BCUT2D eigenvalue weighted by Crippen LogP contribution is 2.19. The van der Waals surface area contributed by atoms with E-state index < -0.39 is 0 Å². The average Bonchev–Trinajstić information content (AvgIpc) is 2.68. The van der Waals surface area contributed by atoms with Gasteiger partial charge in [-0.05, 0) is 68.2 Å². The maximum Gasteiger partial charge on any atom is 0.319 e. The highest BCUT2D eigenvalue weighted by atomic mass is 16.2. The van der Waals surface area contributed by atoms with Crippen LogP contribution in [-0.4, -0.2) is 43.0 Å². The van der Waals surface area contributed by atoms with Crippen molar-refractivity contribution in [2.24, 2.45) is 11.7 Å². The molecule has 1 fully saturated rings. The molecule has 6 nitrogen and oxygen atoms in total. The van der Waals surface area contributed by atoms with Crippen molar-refractivity contribution in [3.05, 3.63) is 42.5 Å². The number of hydrogen-bond donors (Lipinski definition) is 3. The topological polar surface area (TPSA) is 87.5 Å². The molecule has 1 heterocycles. The number of urea groups is 1. The summed E-state index contributed by atoms with van der Waals surface area (Å²) in [4.78, 5) is 25.6. The Morgan fingerprint density at radius 1 is 1.04 bits per heavy atom. The highest BCUT2D eigenvalue weighted by molar-refractivity contribution is 5.93. The lowest BCUT2D eigenvalue weighted by molar-refractivity contribution is -0.123. The Labute approximate surface area is 160 Å². The number of carbonyl (C=O) groups excluding carboxylic acids is 2. The molecule has 6 heteroatoms. The third-order valence-corrected chi connectivity index (χ3v) is 5.18. The van der Waals surface area contributed by atoms with Crippen molar-refractivity contribution in [2.45, 2.75) is 25.7 Å². The van der Waals surface area contributed by atoms with E-state index in [0.717, 1.165) is 61.8 Å². The van der Waals surface area contributed by atoms with Crippen LogP contribution in [0.2, 0.25) is 0 Å². The molecule has 0 radical (unpaired) electrons. The van der Waals surface area contributed by atoms with Crippen LogP contribution in [0.25, 0.3) is 10.8 Å². The molecule has 1 saturated heterocycles. The van der Waals surface area contributed by atoms with E-state index in [0.29, 0.717) is 6.54 Å². The first-order chi connectivity index (χ1) is 13.1. The minimum Gasteiger partial charge on any atom is -0.369 e. The van der Waals surface area contributed by atoms with Crippen LogP contribution in [0.15, 0.2) is 42.5 Å². The Morgan fingerprint density at radius 3 is 2.52 bits per heavy atom. The molecular formula is C21H28N4O2. The Kier molecular flexibility index (Phi) is 6.65. The summed E-state index contributed by atoms with van der Waals surface area (Å²) in [5.74, 6) is -0.127. The van der Waals surface area contributed by atoms with Gasteiger partial charge in [0.2, 0.25) is 5.91 Å². The summed E-state index contributed by atoms with van der Waals surface area (Å²) in [7, 11) is 0. The van der Waals surface area contributed by atoms with E-state index in [9.17, 15) is 9.59 Å². The summed E-state index contributed by atoms with van der Waals surface area (Å²) in [5.41, 5.74) is 6.15. The van der Waals surface area contributed by atoms with E-state index in [2.05, 4.69) is 21.6 Å². The molecule has 3 amide bonds. The van der Waals surface area contributed by atoms with E-state index in [4.69, 9.17) is 5.73 Å². The number of unbranched alkanes of at least 4 members (excludes halogenated alkanes) is 1. The maximum atomic E-state index is 12.0. The zero-order valence-electron chi connectivity index (χ0n) is 15.6. The average molecular weight is 368 g/mol. The van der Waals surface area contributed by atoms with Crippen LogP contribution in [0.1, 0.15) is 25.7 Å². The van der Waals surface area contributed by atoms with E-state index in [1.165, 1.54) is 0 Å². The van der Waals surface area contributed by atoms with Crippen LogP contribution in [0.3, 0.4) is 0 Å². The molecule has 27 heavy (non-hydrogen) atoms. The molecule has 1 aliphatic heterocycles. The number of hydrogen-bond acceptors (Lipinski definition) is 3. The summed E-state index contributed by atoms with van der Waals surface area (Å²) in [6, 6.07) is 13.8. The lowest BCUT2D eigenvalue weighted by Gasteiger charge is -2.30. The van der Waals surface area contributed by atoms with E-state index in [-0.39, 0.29) is 17.9 Å². The number of benzene rings is 2. The normalized spacial score (nSPS) is 15.6. The quantitative estimate of drug-likeness (QED) is 0.657. The van der Waals surface area contributed by atoms with Gasteiger partial charge in [-0.25, -0.2) is 4.79 Å². The molecule has 4 N–H and O–H groups in total. The molecule has 0 aliphatic carbocycles. The maximum absolute atomic E-state index is 12.0. The minimum atomic E-state index is -0.174. The lowest BCUT2D eigenvalue weighted by atomic mass is 9.96. The number of rotatable bonds is 7. The Hall–Kier alpha value is -2.60. The molecule has 0 unspecified atom stereocenters. The Morgan fingerprint density at radius 2 is 1.78 bits per heavy atom. The zero-order chi connectivity index (χ0) is 19.1. The molecule has 0 atom stereocenters. The van der Waals surface area contributed by atoms with Crippen molar-refractivity contribution >= 4 is 28.4 Å². The van der Waals surface area contributed by atoms with Crippen LogP contribution < -0.4 is 16.4 Å². The summed E-state index contributed by atoms with van der Waals surface area (Å²) in [5, 5.41) is 8.06. The number of primary amides is 1. The second kappa shape index (κ2) is 9.37. The van der Waals surface area contributed by atoms with Crippen molar-refractivity contribution in [2.75, 3.05) is 31.5 Å². The molecule has 2 aromatic rings. The first-order valence-corrected chi connectivity index (χ1v) is 9.67. The third kappa shape index (κ3) is 5.69. The lowest BCUT2D eigenvalue weighted by Crippen LogP contribution is -2.39. The van der Waals surface area contributed by atoms with Crippen LogP contribution in [0, 0.1) is 5.92 Å². The number of nitrogens with two attached hydrogens (primary N) is 1. The van der Waals surface area contributed by atoms with Crippen LogP contribution in [0.4, 0.5) is 10.5 Å². The van der Waals surface area contributed by atoms with Crippen LogP contribution in [0.5, 0.6) is 0 Å². The predicted octanol–water partition coefficient (Wildman–Crippen LogP) is 2.94. The largest absolute Gasteiger partial charge is 0.369 e. The van der Waals surface area contributed by atoms with Gasteiger partial charge in [0.25, 0.3) is 0 Å². The number of likely N-dealkylation sites (tertiary alicyclic amines) is 1. The van der Waals surface area contributed by atoms with Gasteiger partial charge in [0, 0.05) is 18.2 Å². The summed E-state index contributed by atoms with van der Waals surface area (Å²) in [6.45, 7) is 3.52. The van der Waals surface area contributed by atoms with Gasteiger partial charge in [-0.2, -0.15) is 0 Å². The zero-order valence-corrected chi connectivity index (χ0v) is 15.6. The van der Waals surface area contributed by atoms with Crippen molar-refractivity contribution < 1.29 is 9.59 Å². The van der Waals surface area contributed by atoms with Crippen LogP contribution >= 0.6 is 0 Å². The first-order valence-electron chi connectivity index (χ1n) is 9.67. The molecular weight excluding hydrogens is 340 g/mol. The monoisotopic (exact) mass is 368 g/mol. The Bertz CT molecular complexity index is 785. The molecule has 144 valence electrons. The van der Waals surface area contributed by atoms with Crippen LogP contribution in [-0.2, 0) is 4.79 Å². The van der Waals surface area contributed by atoms with E-state index in [1.807, 2.05) is 36.4 Å². The number of carbonyl (C=O) groups is 2. The summed E-state index contributed by atoms with van der Waals surface area (Å²) >= 11 is 0. The molecule has 2 aromatic carbocycles. The van der Waals surface area contributed by atoms with Crippen molar-refractivity contribution in [3.63, 3.8) is 0 Å². The number of anilines is 1. The van der Waals surface area contributed by atoms with Crippen molar-refractivity contribution in [3.8, 4) is 0 Å². The minimum absolute atomic E-state index is 0.0433. The fourth-order valence-corrected chi connectivity index (χ4v) is 3.55. The number of nitrogens with zero attached hydrogens (tertiary/aromatic N) is 1. The van der Waals surface area contributed by atoms with E-state index in [1.54, 1.807) is 0 Å². The second-order valence-corrected chi connectivity index (χ2v) is 7.17. The molecule has 0 aromatic heterocycles. The second-order valence-electron chi connectivity index (χ2n) is 7.17. The molecule has 0 saturated carbocycles. The van der Waals surface area contributed by atoms with Crippen molar-refractivity contribution in [1.29, 1.82) is 0 Å². The third-order valence-electron chi connectivity index (χ3n) is 5.18. The van der Waals surface area contributed by atoms with Gasteiger partial charge in [-0.1, -0.05) is 30.3 Å². The van der Waals surface area contributed by atoms with Crippen molar-refractivity contribution in [1.82, 2.24) is 10.2 Å². The number of fused-ring (bicyclic) bond motifs is 1. The van der Waals surface area contributed by atoms with Gasteiger partial charge in [0.15, 0.2) is 0 Å². The van der Waals surface area contributed by atoms with E-state index >= 15 is 0 Å². The highest BCUT2D eigenvalue weighted by Gasteiger charge is 2.22. The fourth-order valence-electron chi connectivity index (χ4n) is 3.55. The summed E-state index contributed by atoms with van der Waals surface area (Å²) in [6.07, 6.45) is 3.68. The number of amides is 3. The summed E-state index contributed by atoms with van der Waals surface area (Å²) < 4.78 is 0. The van der Waals surface area contributed by atoms with Gasteiger partial charge in [-0.15, -0.1) is 0 Å². The number of nitrogens with one attached hydrogen (secondary N) is 2. The Balaban J connectivity index is 1.31. The van der Waals surface area contributed by atoms with Gasteiger partial charge in [-0.3, -0.25) is 4.79 Å². The molecule has 0 spiro atoms. The van der Waals surface area contributed by atoms with Gasteiger partial charge in [0.05, 0.1) is 0 Å². The molecule has 1 aliphatic rings. The molecule has 3 rings (SSSR count). The van der Waals surface area contributed by atoms with Gasteiger partial charge in [0.1, 0.15) is 0 Å². The standard InChI is InChI=1S/C21H28N4O2/c22-20(26)17-9-13-25(14-10-17)12-4-3-11-23-21(27)24-19-8-7-16-5-1-2-6-18(16)15-19/h1-2,5-8,15,17H,3-4,9-14H2,(H2,22,26)(H2,23,24,27). The number of piperidine rings is 1.